The van der Waals surface area contributed by atoms with Crippen molar-refractivity contribution in [3.8, 4) is 11.1 Å². The Morgan fingerprint density at radius 2 is 1.87 bits per heavy atom. The van der Waals surface area contributed by atoms with E-state index in [1.807, 2.05) is 0 Å². The van der Waals surface area contributed by atoms with Crippen molar-refractivity contribution in [2.24, 2.45) is 7.05 Å². The number of halogens is 4. The Kier molecular flexibility index (Phi) is 3.75. The zero-order valence-electron chi connectivity index (χ0n) is 11.9. The number of nitrogens with zero attached hydrogens (tertiary/aromatic N) is 2. The third kappa shape index (κ3) is 2.65. The van der Waals surface area contributed by atoms with Crippen LogP contribution in [0.4, 0.5) is 13.2 Å². The van der Waals surface area contributed by atoms with Gasteiger partial charge in [-0.2, -0.15) is 13.2 Å². The monoisotopic (exact) mass is 382 g/mol. The normalized spacial score (nSPS) is 11.9. The van der Waals surface area contributed by atoms with Crippen LogP contribution in [0.15, 0.2) is 52.1 Å². The van der Waals surface area contributed by atoms with E-state index in [0.29, 0.717) is 15.2 Å². The fraction of sp³-hybridized carbons (Fsp3) is 0.125. The number of rotatable bonds is 1. The van der Waals surface area contributed by atoms with Crippen LogP contribution in [0.25, 0.3) is 21.9 Å². The SMILES string of the molecule is Cn1ccc(C(F)(F)F)c(-c2cncc3c(Br)cccc23)c1=O. The van der Waals surface area contributed by atoms with Crippen LogP contribution in [-0.4, -0.2) is 9.55 Å². The number of pyridine rings is 2. The largest absolute Gasteiger partial charge is 0.417 e. The highest BCUT2D eigenvalue weighted by atomic mass is 79.9. The van der Waals surface area contributed by atoms with E-state index < -0.39 is 22.9 Å². The first kappa shape index (κ1) is 15.7. The number of fused-ring (bicyclic) bond motifs is 1. The molecular weight excluding hydrogens is 373 g/mol. The summed E-state index contributed by atoms with van der Waals surface area (Å²) in [4.78, 5) is 16.4. The Morgan fingerprint density at radius 1 is 1.13 bits per heavy atom. The Morgan fingerprint density at radius 3 is 2.57 bits per heavy atom. The third-order valence-corrected chi connectivity index (χ3v) is 4.28. The smallest absolute Gasteiger partial charge is 0.318 e. The van der Waals surface area contributed by atoms with Crippen molar-refractivity contribution in [2.45, 2.75) is 6.18 Å². The summed E-state index contributed by atoms with van der Waals surface area (Å²) in [5, 5.41) is 1.17. The van der Waals surface area contributed by atoms with E-state index in [1.54, 1.807) is 24.4 Å². The molecule has 0 atom stereocenters. The van der Waals surface area contributed by atoms with Gasteiger partial charge in [0.2, 0.25) is 0 Å². The van der Waals surface area contributed by atoms with Gasteiger partial charge in [0, 0.05) is 41.1 Å². The second kappa shape index (κ2) is 5.49. The summed E-state index contributed by atoms with van der Waals surface area (Å²) >= 11 is 3.35. The van der Waals surface area contributed by atoms with Crippen molar-refractivity contribution in [1.82, 2.24) is 9.55 Å². The number of hydrogen-bond donors (Lipinski definition) is 0. The number of alkyl halides is 3. The molecule has 7 heteroatoms. The van der Waals surface area contributed by atoms with E-state index in [9.17, 15) is 18.0 Å². The molecule has 118 valence electrons. The first-order valence-corrected chi connectivity index (χ1v) is 7.39. The van der Waals surface area contributed by atoms with Crippen molar-refractivity contribution in [3.63, 3.8) is 0 Å². The van der Waals surface area contributed by atoms with Crippen LogP contribution < -0.4 is 5.56 Å². The van der Waals surface area contributed by atoms with Gasteiger partial charge in [0.05, 0.1) is 11.1 Å². The first-order chi connectivity index (χ1) is 10.8. The van der Waals surface area contributed by atoms with Gasteiger partial charge >= 0.3 is 6.18 Å². The van der Waals surface area contributed by atoms with Gasteiger partial charge in [-0.15, -0.1) is 0 Å². The molecule has 2 aromatic heterocycles. The average molecular weight is 383 g/mol. The van der Waals surface area contributed by atoms with Gasteiger partial charge in [0.1, 0.15) is 0 Å². The summed E-state index contributed by atoms with van der Waals surface area (Å²) in [6.45, 7) is 0. The number of benzene rings is 1. The zero-order chi connectivity index (χ0) is 16.8. The van der Waals surface area contributed by atoms with Gasteiger partial charge in [-0.25, -0.2) is 0 Å². The molecule has 0 fully saturated rings. The molecule has 0 unspecified atom stereocenters. The fourth-order valence-corrected chi connectivity index (χ4v) is 2.95. The number of hydrogen-bond acceptors (Lipinski definition) is 2. The first-order valence-electron chi connectivity index (χ1n) is 6.60. The minimum Gasteiger partial charge on any atom is -0.318 e. The molecule has 3 aromatic rings. The molecule has 3 nitrogen and oxygen atoms in total. The van der Waals surface area contributed by atoms with E-state index in [4.69, 9.17) is 0 Å². The molecule has 23 heavy (non-hydrogen) atoms. The predicted octanol–water partition coefficient (Wildman–Crippen LogP) is 4.38. The third-order valence-electron chi connectivity index (χ3n) is 3.59. The maximum Gasteiger partial charge on any atom is 0.417 e. The molecule has 0 spiro atoms. The lowest BCUT2D eigenvalue weighted by molar-refractivity contribution is -0.137. The summed E-state index contributed by atoms with van der Waals surface area (Å²) in [5.74, 6) is 0. The molecule has 0 N–H and O–H groups in total. The Labute approximate surface area is 137 Å². The molecule has 0 saturated carbocycles. The highest BCUT2D eigenvalue weighted by Crippen LogP contribution is 2.38. The molecule has 3 rings (SSSR count). The lowest BCUT2D eigenvalue weighted by Crippen LogP contribution is -2.23. The molecule has 2 heterocycles. The quantitative estimate of drug-likeness (QED) is 0.625. The van der Waals surface area contributed by atoms with Crippen molar-refractivity contribution < 1.29 is 13.2 Å². The molecule has 0 saturated heterocycles. The topological polar surface area (TPSA) is 34.9 Å². The van der Waals surface area contributed by atoms with Crippen molar-refractivity contribution in [3.05, 3.63) is 63.2 Å². The van der Waals surface area contributed by atoms with Gasteiger partial charge in [0.25, 0.3) is 5.56 Å². The molecule has 0 radical (unpaired) electrons. The van der Waals surface area contributed by atoms with E-state index in [-0.39, 0.29) is 5.56 Å². The molecule has 0 aliphatic carbocycles. The molecule has 0 amide bonds. The summed E-state index contributed by atoms with van der Waals surface area (Å²) in [6.07, 6.45) is -0.676. The average Bonchev–Trinajstić information content (AvgIpc) is 2.49. The maximum atomic E-state index is 13.3. The molecule has 0 bridgehead atoms. The lowest BCUT2D eigenvalue weighted by Gasteiger charge is -2.15. The summed E-state index contributed by atoms with van der Waals surface area (Å²) in [7, 11) is 1.42. The minimum atomic E-state index is -4.63. The van der Waals surface area contributed by atoms with E-state index in [1.165, 1.54) is 13.2 Å². The van der Waals surface area contributed by atoms with E-state index >= 15 is 0 Å². The van der Waals surface area contributed by atoms with Gasteiger partial charge in [-0.05, 0) is 17.5 Å². The maximum absolute atomic E-state index is 13.3. The highest BCUT2D eigenvalue weighted by molar-refractivity contribution is 9.10. The van der Waals surface area contributed by atoms with Crippen LogP contribution in [0.5, 0.6) is 0 Å². The van der Waals surface area contributed by atoms with Gasteiger partial charge < -0.3 is 4.57 Å². The van der Waals surface area contributed by atoms with E-state index in [2.05, 4.69) is 20.9 Å². The van der Waals surface area contributed by atoms with Crippen LogP contribution in [0.3, 0.4) is 0 Å². The fourth-order valence-electron chi connectivity index (χ4n) is 2.48. The standard InChI is InChI=1S/C16H10BrF3N2O/c1-22-6-5-12(16(18,19)20)14(15(22)23)11-8-21-7-10-9(11)3-2-4-13(10)17/h2-8H,1H3. The second-order valence-electron chi connectivity index (χ2n) is 5.04. The Hall–Kier alpha value is -2.15. The van der Waals surface area contributed by atoms with Crippen molar-refractivity contribution in [1.29, 1.82) is 0 Å². The van der Waals surface area contributed by atoms with Gasteiger partial charge in [-0.3, -0.25) is 9.78 Å². The molecule has 0 aliphatic rings. The molecule has 0 aliphatic heterocycles. The summed E-state index contributed by atoms with van der Waals surface area (Å²) in [5.41, 5.74) is -1.90. The van der Waals surface area contributed by atoms with Crippen LogP contribution in [0.2, 0.25) is 0 Å². The van der Waals surface area contributed by atoms with Crippen molar-refractivity contribution >= 4 is 26.7 Å². The number of aryl methyl sites for hydroxylation is 1. The molecule has 1 aromatic carbocycles. The lowest BCUT2D eigenvalue weighted by atomic mass is 9.98. The van der Waals surface area contributed by atoms with Crippen LogP contribution in [-0.2, 0) is 13.2 Å². The second-order valence-corrected chi connectivity index (χ2v) is 5.89. The summed E-state index contributed by atoms with van der Waals surface area (Å²) in [6, 6.07) is 6.05. The van der Waals surface area contributed by atoms with Crippen molar-refractivity contribution in [2.75, 3.05) is 0 Å². The predicted molar refractivity (Wildman–Crippen MR) is 85.1 cm³/mol. The minimum absolute atomic E-state index is 0.164. The van der Waals surface area contributed by atoms with Gasteiger partial charge in [0.15, 0.2) is 0 Å². The number of aromatic nitrogens is 2. The Balaban J connectivity index is 2.47. The van der Waals surface area contributed by atoms with Crippen LogP contribution in [0.1, 0.15) is 5.56 Å². The Bertz CT molecular complexity index is 964. The zero-order valence-corrected chi connectivity index (χ0v) is 13.4. The highest BCUT2D eigenvalue weighted by Gasteiger charge is 2.35. The molecular formula is C16H10BrF3N2O. The van der Waals surface area contributed by atoms with Crippen LogP contribution >= 0.6 is 15.9 Å². The van der Waals surface area contributed by atoms with Crippen LogP contribution in [0, 0.1) is 0 Å². The van der Waals surface area contributed by atoms with Gasteiger partial charge in [-0.1, -0.05) is 28.1 Å². The summed E-state index contributed by atoms with van der Waals surface area (Å²) < 4.78 is 41.9. The van der Waals surface area contributed by atoms with E-state index in [0.717, 1.165) is 16.8 Å².